The van der Waals surface area contributed by atoms with Gasteiger partial charge in [-0.3, -0.25) is 9.55 Å². The van der Waals surface area contributed by atoms with E-state index in [9.17, 15) is 5.11 Å². The van der Waals surface area contributed by atoms with Crippen molar-refractivity contribution in [2.75, 3.05) is 0 Å². The van der Waals surface area contributed by atoms with Gasteiger partial charge in [0.1, 0.15) is 11.6 Å². The van der Waals surface area contributed by atoms with Crippen LogP contribution in [0.1, 0.15) is 88.7 Å². The molecule has 8 aromatic rings. The number of aryl methyl sites for hydroxylation is 1. The number of hydrogen-bond donors (Lipinski definition) is 1. The zero-order valence-corrected chi connectivity index (χ0v) is 38.2. The van der Waals surface area contributed by atoms with E-state index in [1.54, 1.807) is 24.4 Å². The molecule has 2 aromatic heterocycles. The molecule has 0 amide bonds. The number of phenols is 1. The molecule has 0 bridgehead atoms. The number of aromatic nitrogens is 3. The maximum Gasteiger partial charge on any atom is 0.148 e. The third kappa shape index (κ3) is 8.41. The molecule has 0 aliphatic heterocycles. The van der Waals surface area contributed by atoms with Crippen LogP contribution < -0.4 is 0 Å². The second-order valence-electron chi connectivity index (χ2n) is 18.7. The molecule has 0 radical (unpaired) electrons. The quantitative estimate of drug-likeness (QED) is 0.169. The van der Waals surface area contributed by atoms with E-state index >= 15 is 0 Å². The van der Waals surface area contributed by atoms with E-state index in [4.69, 9.17) is 14.1 Å². The van der Waals surface area contributed by atoms with Gasteiger partial charge in [0.05, 0.1) is 22.3 Å². The van der Waals surface area contributed by atoms with Gasteiger partial charge in [-0.15, -0.1) is 29.3 Å². The zero-order valence-electron chi connectivity index (χ0n) is 38.9. The average Bonchev–Trinajstić information content (AvgIpc) is 3.62. The van der Waals surface area contributed by atoms with Crippen molar-refractivity contribution in [3.63, 3.8) is 0 Å². The Morgan fingerprint density at radius 3 is 1.87 bits per heavy atom. The Bertz CT molecular complexity index is 2950. The van der Waals surface area contributed by atoms with Crippen LogP contribution in [0, 0.1) is 12.9 Å². The fourth-order valence-corrected chi connectivity index (χ4v) is 7.69. The number of pyridine rings is 1. The first-order chi connectivity index (χ1) is 29.2. The van der Waals surface area contributed by atoms with Gasteiger partial charge >= 0.3 is 0 Å². The maximum atomic E-state index is 11.4. The molecule has 6 aromatic carbocycles. The number of para-hydroxylation sites is 2. The van der Waals surface area contributed by atoms with Gasteiger partial charge in [-0.2, -0.15) is 0 Å². The van der Waals surface area contributed by atoms with Crippen LogP contribution in [0.15, 0.2) is 140 Å². The number of imidazole rings is 1. The number of fused-ring (bicyclic) bond motifs is 1. The Labute approximate surface area is 374 Å². The second kappa shape index (κ2) is 16.1. The fourth-order valence-electron chi connectivity index (χ4n) is 7.69. The van der Waals surface area contributed by atoms with Crippen LogP contribution in [0.3, 0.4) is 0 Å². The van der Waals surface area contributed by atoms with Crippen LogP contribution in [0.5, 0.6) is 5.75 Å². The smallest absolute Gasteiger partial charge is 0.148 e. The van der Waals surface area contributed by atoms with E-state index in [2.05, 4.69) is 146 Å². The molecule has 306 valence electrons. The minimum atomic E-state index is -2.17. The molecule has 0 spiro atoms. The molecule has 1 N–H and O–H groups in total. The number of hydrogen-bond acceptors (Lipinski definition) is 3. The van der Waals surface area contributed by atoms with Crippen LogP contribution >= 0.6 is 0 Å². The molecule has 0 aliphatic rings. The molecular formula is C55H54N3OPt-. The predicted molar refractivity (Wildman–Crippen MR) is 247 cm³/mol. The van der Waals surface area contributed by atoms with Crippen LogP contribution in [0.25, 0.3) is 72.7 Å². The van der Waals surface area contributed by atoms with E-state index in [1.807, 2.05) is 42.5 Å². The standard InChI is InChI=1S/C55H54N3O.Pt/c1-35-18-20-36(21-19-35)38-28-29-56-47(33-38)40-30-39(31-43(32-40)55(8,9)10)44-15-13-16-49-51(44)57-52(45-14-11-12-17-50(45)59)58(49)48-27-26-42(54(5,6)7)34-46(48)37-22-24-41(25-23-37)53(2,3)4;/h11-29,31-34,59H,1-10H3;/q-1;/i1D3;. The Hall–Kier alpha value is -5.57. The first-order valence-electron chi connectivity index (χ1n) is 21.9. The van der Waals surface area contributed by atoms with Gasteiger partial charge < -0.3 is 5.11 Å². The molecule has 5 heteroatoms. The van der Waals surface area contributed by atoms with Crippen molar-refractivity contribution >= 4 is 11.0 Å². The summed E-state index contributed by atoms with van der Waals surface area (Å²) in [6, 6.07) is 48.4. The number of aromatic hydroxyl groups is 1. The van der Waals surface area contributed by atoms with Gasteiger partial charge in [-0.1, -0.05) is 164 Å². The van der Waals surface area contributed by atoms with Gasteiger partial charge in [-0.25, -0.2) is 4.98 Å². The molecule has 2 heterocycles. The largest absolute Gasteiger partial charge is 0.507 e. The van der Waals surface area contributed by atoms with E-state index in [-0.39, 0.29) is 43.1 Å². The summed E-state index contributed by atoms with van der Waals surface area (Å²) in [7, 11) is 0. The summed E-state index contributed by atoms with van der Waals surface area (Å²) in [5.74, 6) is 0.781. The van der Waals surface area contributed by atoms with Crippen LogP contribution in [-0.2, 0) is 37.3 Å². The summed E-state index contributed by atoms with van der Waals surface area (Å²) >= 11 is 0. The normalized spacial score (nSPS) is 13.1. The van der Waals surface area contributed by atoms with Crippen LogP contribution in [0.4, 0.5) is 0 Å². The molecule has 0 aliphatic carbocycles. The zero-order chi connectivity index (χ0) is 44.4. The average molecular weight is 971 g/mol. The van der Waals surface area contributed by atoms with Crippen molar-refractivity contribution in [1.29, 1.82) is 0 Å². The number of nitrogens with zero attached hydrogens (tertiary/aromatic N) is 3. The van der Waals surface area contributed by atoms with Gasteiger partial charge in [0.2, 0.25) is 0 Å². The minimum Gasteiger partial charge on any atom is -0.507 e. The molecule has 60 heavy (non-hydrogen) atoms. The van der Waals surface area contributed by atoms with Crippen molar-refractivity contribution in [2.24, 2.45) is 0 Å². The summed E-state index contributed by atoms with van der Waals surface area (Å²) in [6.07, 6.45) is 1.79. The molecule has 8 rings (SSSR count). The van der Waals surface area contributed by atoms with Crippen LogP contribution in [0.2, 0.25) is 0 Å². The van der Waals surface area contributed by atoms with Crippen molar-refractivity contribution in [3.05, 3.63) is 168 Å². The van der Waals surface area contributed by atoms with E-state index < -0.39 is 6.85 Å². The molecular weight excluding hydrogens is 914 g/mol. The first-order valence-corrected chi connectivity index (χ1v) is 20.4. The van der Waals surface area contributed by atoms with Crippen molar-refractivity contribution in [2.45, 2.75) is 85.4 Å². The molecule has 0 fully saturated rings. The molecule has 0 unspecified atom stereocenters. The van der Waals surface area contributed by atoms with Gasteiger partial charge in [0.15, 0.2) is 0 Å². The summed E-state index contributed by atoms with van der Waals surface area (Å²) < 4.78 is 25.6. The Morgan fingerprint density at radius 2 is 1.20 bits per heavy atom. The van der Waals surface area contributed by atoms with Crippen molar-refractivity contribution in [3.8, 4) is 67.5 Å². The van der Waals surface area contributed by atoms with E-state index in [0.29, 0.717) is 17.0 Å². The first kappa shape index (κ1) is 38.6. The van der Waals surface area contributed by atoms with E-state index in [1.165, 1.54) is 11.1 Å². The van der Waals surface area contributed by atoms with Crippen molar-refractivity contribution in [1.82, 2.24) is 14.5 Å². The summed E-state index contributed by atoms with van der Waals surface area (Å²) in [5, 5.41) is 11.4. The van der Waals surface area contributed by atoms with Gasteiger partial charge in [0, 0.05) is 42.6 Å². The van der Waals surface area contributed by atoms with Gasteiger partial charge in [-0.05, 0) is 87.3 Å². The SMILES string of the molecule is [2H]C([2H])([2H])c1ccc(-c2ccnc(-c3[c-]c(-c4cccc5c4nc(-c4ccccc4O)n5-c4ccc(C(C)(C)C)cc4-c4ccc(C(C)(C)C)cc4)cc(C(C)(C)C)c3)c2)cc1.[Pt]. The summed E-state index contributed by atoms with van der Waals surface area (Å²) in [5.41, 5.74) is 14.3. The third-order valence-corrected chi connectivity index (χ3v) is 11.3. The predicted octanol–water partition coefficient (Wildman–Crippen LogP) is 14.5. The number of benzene rings is 6. The monoisotopic (exact) mass is 970 g/mol. The third-order valence-electron chi connectivity index (χ3n) is 11.3. The maximum absolute atomic E-state index is 11.4. The Morgan fingerprint density at radius 1 is 0.567 bits per heavy atom. The van der Waals surface area contributed by atoms with Crippen LogP contribution in [-0.4, -0.2) is 19.6 Å². The second-order valence-corrected chi connectivity index (χ2v) is 18.7. The van der Waals surface area contributed by atoms with E-state index in [0.717, 1.165) is 66.9 Å². The van der Waals surface area contributed by atoms with Gasteiger partial charge in [0.25, 0.3) is 0 Å². The summed E-state index contributed by atoms with van der Waals surface area (Å²) in [4.78, 5) is 10.3. The minimum absolute atomic E-state index is 0. The molecule has 0 saturated heterocycles. The molecule has 0 saturated carbocycles. The Kier molecular flexibility index (Phi) is 10.4. The number of rotatable bonds is 6. The van der Waals surface area contributed by atoms with Crippen molar-refractivity contribution < 1.29 is 30.3 Å². The molecule has 0 atom stereocenters. The Balaban J connectivity index is 0.00000595. The molecule has 4 nitrogen and oxygen atoms in total. The topological polar surface area (TPSA) is 50.9 Å². The number of phenolic OH excluding ortho intramolecular Hbond substituents is 1. The fraction of sp³-hybridized carbons (Fsp3) is 0.236. The summed E-state index contributed by atoms with van der Waals surface area (Å²) in [6.45, 7) is 17.9.